The molecule has 2 aromatic carbocycles. The molecule has 0 fully saturated rings. The summed E-state index contributed by atoms with van der Waals surface area (Å²) in [6.07, 6.45) is -2.87. The number of carboxylic acids is 1. The molecule has 0 radical (unpaired) electrons. The van der Waals surface area contributed by atoms with E-state index in [4.69, 9.17) is 15.6 Å². The number of alkyl halides is 3. The van der Waals surface area contributed by atoms with Gasteiger partial charge in [0.1, 0.15) is 0 Å². The third kappa shape index (κ3) is 9.56. The Labute approximate surface area is 174 Å². The number of carbonyl (C=O) groups excluding carboxylic acids is 1. The van der Waals surface area contributed by atoms with Crippen molar-refractivity contribution in [2.75, 3.05) is 13.1 Å². The highest BCUT2D eigenvalue weighted by Gasteiger charge is 2.38. The molecule has 164 valence electrons. The lowest BCUT2D eigenvalue weighted by atomic mass is 10.00. The van der Waals surface area contributed by atoms with Crippen LogP contribution < -0.4 is 11.1 Å². The zero-order valence-electron chi connectivity index (χ0n) is 17.0. The van der Waals surface area contributed by atoms with Gasteiger partial charge in [0.15, 0.2) is 0 Å². The maximum atomic E-state index is 11.3. The molecule has 4 N–H and O–H groups in total. The Bertz CT molecular complexity index is 836. The van der Waals surface area contributed by atoms with Crippen LogP contribution in [0.1, 0.15) is 36.2 Å². The van der Waals surface area contributed by atoms with Crippen LogP contribution in [0.25, 0.3) is 11.1 Å². The maximum absolute atomic E-state index is 11.3. The number of hydrogen-bond acceptors (Lipinski definition) is 3. The van der Waals surface area contributed by atoms with Crippen molar-refractivity contribution in [2.45, 2.75) is 32.9 Å². The van der Waals surface area contributed by atoms with Gasteiger partial charge in [-0.2, -0.15) is 13.2 Å². The van der Waals surface area contributed by atoms with Crippen LogP contribution in [-0.4, -0.2) is 36.2 Å². The van der Waals surface area contributed by atoms with Gasteiger partial charge in [0, 0.05) is 5.56 Å². The minimum atomic E-state index is -5.08. The minimum absolute atomic E-state index is 0.391. The molecule has 0 aliphatic rings. The molecule has 0 unspecified atom stereocenters. The Morgan fingerprint density at radius 2 is 1.60 bits per heavy atom. The van der Waals surface area contributed by atoms with Crippen molar-refractivity contribution in [1.29, 1.82) is 0 Å². The number of nitrogens with one attached hydrogen (secondary N) is 1. The fourth-order valence-corrected chi connectivity index (χ4v) is 2.51. The van der Waals surface area contributed by atoms with Crippen LogP contribution >= 0.6 is 0 Å². The van der Waals surface area contributed by atoms with Gasteiger partial charge in [0.2, 0.25) is 5.91 Å². The maximum Gasteiger partial charge on any atom is 0.490 e. The second kappa shape index (κ2) is 12.0. The zero-order valence-corrected chi connectivity index (χ0v) is 17.0. The van der Waals surface area contributed by atoms with Crippen LogP contribution in [0.3, 0.4) is 0 Å². The summed E-state index contributed by atoms with van der Waals surface area (Å²) in [6.45, 7) is 6.53. The van der Waals surface area contributed by atoms with E-state index in [0.717, 1.165) is 36.6 Å². The molecular weight excluding hydrogens is 397 g/mol. The number of nitrogens with two attached hydrogens (primary N) is 1. The largest absolute Gasteiger partial charge is 0.490 e. The molecule has 0 saturated carbocycles. The van der Waals surface area contributed by atoms with Gasteiger partial charge in [0.25, 0.3) is 0 Å². The average Bonchev–Trinajstić information content (AvgIpc) is 2.67. The predicted molar refractivity (Wildman–Crippen MR) is 110 cm³/mol. The highest BCUT2D eigenvalue weighted by atomic mass is 19.4. The van der Waals surface area contributed by atoms with Crippen molar-refractivity contribution in [1.82, 2.24) is 5.32 Å². The van der Waals surface area contributed by atoms with E-state index in [1.807, 2.05) is 18.2 Å². The first kappa shape index (κ1) is 25.2. The van der Waals surface area contributed by atoms with E-state index in [9.17, 15) is 18.0 Å². The lowest BCUT2D eigenvalue weighted by Crippen LogP contribution is -2.21. The summed E-state index contributed by atoms with van der Waals surface area (Å²) in [5.41, 5.74) is 9.34. The monoisotopic (exact) mass is 424 g/mol. The number of amides is 1. The second-order valence-corrected chi connectivity index (χ2v) is 7.13. The molecule has 5 nitrogen and oxygen atoms in total. The van der Waals surface area contributed by atoms with Gasteiger partial charge in [-0.1, -0.05) is 50.2 Å². The number of carboxylic acid groups (broad SMARTS) is 1. The highest BCUT2D eigenvalue weighted by molar-refractivity contribution is 5.94. The van der Waals surface area contributed by atoms with E-state index in [0.29, 0.717) is 5.56 Å². The SMILES string of the molecule is CC(C)CCNCCc1cccc(-c2cccc(C(N)=O)c2)c1.O=C(O)C(F)(F)F. The van der Waals surface area contributed by atoms with Crippen LogP contribution in [0.5, 0.6) is 0 Å². The molecule has 2 rings (SSSR count). The van der Waals surface area contributed by atoms with Gasteiger partial charge >= 0.3 is 12.1 Å². The molecule has 8 heteroatoms. The molecule has 0 aromatic heterocycles. The van der Waals surface area contributed by atoms with Crippen LogP contribution in [-0.2, 0) is 11.2 Å². The third-order valence-corrected chi connectivity index (χ3v) is 4.14. The van der Waals surface area contributed by atoms with Crippen molar-refractivity contribution >= 4 is 11.9 Å². The van der Waals surface area contributed by atoms with Gasteiger partial charge in [0.05, 0.1) is 0 Å². The standard InChI is InChI=1S/C20H26N2O.C2HF3O2/c1-15(2)9-11-22-12-10-16-5-3-6-17(13-16)18-7-4-8-19(14-18)20(21)23;3-2(4,5)1(6)7/h3-8,13-15,22H,9-12H2,1-2H3,(H2,21,23);(H,6,7). The van der Waals surface area contributed by atoms with Crippen molar-refractivity contribution in [2.24, 2.45) is 11.7 Å². The van der Waals surface area contributed by atoms with Gasteiger partial charge in [-0.15, -0.1) is 0 Å². The van der Waals surface area contributed by atoms with Crippen molar-refractivity contribution < 1.29 is 27.9 Å². The molecule has 0 aliphatic carbocycles. The molecule has 2 aromatic rings. The fourth-order valence-electron chi connectivity index (χ4n) is 2.51. The Morgan fingerprint density at radius 1 is 1.03 bits per heavy atom. The van der Waals surface area contributed by atoms with E-state index in [1.165, 1.54) is 12.0 Å². The molecule has 0 spiro atoms. The number of halogens is 3. The first-order valence-corrected chi connectivity index (χ1v) is 9.50. The summed E-state index contributed by atoms with van der Waals surface area (Å²) < 4.78 is 31.7. The first-order valence-electron chi connectivity index (χ1n) is 9.50. The van der Waals surface area contributed by atoms with Crippen LogP contribution in [0.2, 0.25) is 0 Å². The predicted octanol–water partition coefficient (Wildman–Crippen LogP) is 4.26. The van der Waals surface area contributed by atoms with Gasteiger partial charge in [-0.3, -0.25) is 4.79 Å². The van der Waals surface area contributed by atoms with Gasteiger partial charge < -0.3 is 16.2 Å². The Morgan fingerprint density at radius 3 is 2.13 bits per heavy atom. The van der Waals surface area contributed by atoms with Gasteiger partial charge in [-0.05, 0) is 60.7 Å². The normalized spacial score (nSPS) is 11.0. The second-order valence-electron chi connectivity index (χ2n) is 7.13. The van der Waals surface area contributed by atoms with Crippen LogP contribution in [0.15, 0.2) is 48.5 Å². The number of carbonyl (C=O) groups is 2. The molecule has 0 atom stereocenters. The van der Waals surface area contributed by atoms with Crippen LogP contribution in [0.4, 0.5) is 13.2 Å². The number of rotatable bonds is 8. The number of aliphatic carboxylic acids is 1. The molecule has 0 saturated heterocycles. The number of benzene rings is 2. The van der Waals surface area contributed by atoms with E-state index in [1.54, 1.807) is 6.07 Å². The summed E-state index contributed by atoms with van der Waals surface area (Å²) in [7, 11) is 0. The average molecular weight is 424 g/mol. The quantitative estimate of drug-likeness (QED) is 0.552. The minimum Gasteiger partial charge on any atom is -0.475 e. The molecule has 30 heavy (non-hydrogen) atoms. The molecule has 1 amide bonds. The Kier molecular flexibility index (Phi) is 10.0. The van der Waals surface area contributed by atoms with Crippen molar-refractivity contribution in [3.63, 3.8) is 0 Å². The summed E-state index contributed by atoms with van der Waals surface area (Å²) in [5.74, 6) is -2.41. The molecule has 0 bridgehead atoms. The number of primary amides is 1. The van der Waals surface area contributed by atoms with E-state index < -0.39 is 18.1 Å². The zero-order chi connectivity index (χ0) is 22.7. The van der Waals surface area contributed by atoms with Gasteiger partial charge in [-0.25, -0.2) is 4.79 Å². The molecule has 0 aliphatic heterocycles. The summed E-state index contributed by atoms with van der Waals surface area (Å²) in [5, 5.41) is 10.6. The summed E-state index contributed by atoms with van der Waals surface area (Å²) in [4.78, 5) is 20.2. The fraction of sp³-hybridized carbons (Fsp3) is 0.364. The van der Waals surface area contributed by atoms with E-state index in [2.05, 4.69) is 43.4 Å². The van der Waals surface area contributed by atoms with Crippen LogP contribution in [0, 0.1) is 5.92 Å². The highest BCUT2D eigenvalue weighted by Crippen LogP contribution is 2.21. The first-order chi connectivity index (χ1) is 14.0. The third-order valence-electron chi connectivity index (χ3n) is 4.14. The summed E-state index contributed by atoms with van der Waals surface area (Å²) >= 11 is 0. The van der Waals surface area contributed by atoms with Crippen molar-refractivity contribution in [3.05, 3.63) is 59.7 Å². The topological polar surface area (TPSA) is 92.4 Å². The van der Waals surface area contributed by atoms with E-state index >= 15 is 0 Å². The lowest BCUT2D eigenvalue weighted by Gasteiger charge is -2.09. The molecule has 0 heterocycles. The molecular formula is C22H27F3N2O3. The Hall–Kier alpha value is -2.87. The Balaban J connectivity index is 0.000000553. The van der Waals surface area contributed by atoms with E-state index in [-0.39, 0.29) is 0 Å². The number of hydrogen-bond donors (Lipinski definition) is 3. The summed E-state index contributed by atoms with van der Waals surface area (Å²) in [6, 6.07) is 15.9. The lowest BCUT2D eigenvalue weighted by molar-refractivity contribution is -0.192. The van der Waals surface area contributed by atoms with Crippen molar-refractivity contribution in [3.8, 4) is 11.1 Å². The smallest absolute Gasteiger partial charge is 0.475 e.